The molecule has 2 aliphatic rings. The van der Waals surface area contributed by atoms with Gasteiger partial charge in [-0.25, -0.2) is 0 Å². The summed E-state index contributed by atoms with van der Waals surface area (Å²) in [5.41, 5.74) is 4.46. The van der Waals surface area contributed by atoms with Gasteiger partial charge < -0.3 is 5.32 Å². The van der Waals surface area contributed by atoms with Gasteiger partial charge >= 0.3 is 0 Å². The molecular weight excluding hydrogens is 326 g/mol. The molecule has 1 aliphatic carbocycles. The molecule has 6 nitrogen and oxygen atoms in total. The number of amides is 1. The second kappa shape index (κ2) is 7.58. The van der Waals surface area contributed by atoms with Gasteiger partial charge in [0.1, 0.15) is 0 Å². The predicted molar refractivity (Wildman–Crippen MR) is 99.4 cm³/mol. The van der Waals surface area contributed by atoms with Crippen molar-refractivity contribution in [2.24, 2.45) is 0 Å². The fraction of sp³-hybridized carbons (Fsp3) is 0.550. The molecule has 0 spiro atoms. The topological polar surface area (TPSA) is 63.1 Å². The number of carbonyl (C=O) groups excluding carboxylic acids is 1. The number of pyridine rings is 1. The van der Waals surface area contributed by atoms with Crippen molar-refractivity contribution in [2.45, 2.75) is 64.7 Å². The molecule has 4 rings (SSSR count). The van der Waals surface area contributed by atoms with Gasteiger partial charge in [-0.05, 0) is 44.4 Å². The number of nitrogens with one attached hydrogen (secondary N) is 1. The second-order valence-corrected chi connectivity index (χ2v) is 7.53. The van der Waals surface area contributed by atoms with Crippen LogP contribution in [0.3, 0.4) is 0 Å². The summed E-state index contributed by atoms with van der Waals surface area (Å²) < 4.78 is 2.12. The molecule has 1 aliphatic heterocycles. The van der Waals surface area contributed by atoms with Gasteiger partial charge in [0, 0.05) is 50.8 Å². The van der Waals surface area contributed by atoms with E-state index in [4.69, 9.17) is 5.10 Å². The van der Waals surface area contributed by atoms with Crippen molar-refractivity contribution < 1.29 is 4.79 Å². The van der Waals surface area contributed by atoms with Crippen LogP contribution in [0.4, 0.5) is 0 Å². The number of aryl methyl sites for hydroxylation is 3. The van der Waals surface area contributed by atoms with Crippen LogP contribution in [0.15, 0.2) is 24.3 Å². The Bertz CT molecular complexity index is 780. The number of rotatable bonds is 6. The Kier molecular flexibility index (Phi) is 5.02. The summed E-state index contributed by atoms with van der Waals surface area (Å²) in [6.07, 6.45) is 4.61. The standard InChI is InChI=1S/C20H27N5O/c1-15-4-2-5-18(21-15)13-24-10-3-11-25-19(14-24)12-17(23-25)8-9-20(26)22-16-6-7-16/h2,4-5,12,16H,3,6-11,13-14H2,1H3,(H,22,26). The van der Waals surface area contributed by atoms with Gasteiger partial charge in [0.2, 0.25) is 5.91 Å². The van der Waals surface area contributed by atoms with Gasteiger partial charge in [0.05, 0.1) is 17.1 Å². The molecule has 3 heterocycles. The van der Waals surface area contributed by atoms with Gasteiger partial charge in [-0.15, -0.1) is 0 Å². The molecule has 0 radical (unpaired) electrons. The molecule has 0 saturated heterocycles. The summed E-state index contributed by atoms with van der Waals surface area (Å²) in [7, 11) is 0. The van der Waals surface area contributed by atoms with Crippen molar-refractivity contribution in [3.63, 3.8) is 0 Å². The third-order valence-corrected chi connectivity index (χ3v) is 5.03. The molecular formula is C20H27N5O. The predicted octanol–water partition coefficient (Wildman–Crippen LogP) is 2.20. The quantitative estimate of drug-likeness (QED) is 0.865. The van der Waals surface area contributed by atoms with Crippen molar-refractivity contribution in [3.8, 4) is 0 Å². The largest absolute Gasteiger partial charge is 0.353 e. The van der Waals surface area contributed by atoms with Crippen LogP contribution in [0.25, 0.3) is 0 Å². The summed E-state index contributed by atoms with van der Waals surface area (Å²) >= 11 is 0. The summed E-state index contributed by atoms with van der Waals surface area (Å²) in [5.74, 6) is 0.155. The molecule has 1 amide bonds. The lowest BCUT2D eigenvalue weighted by Crippen LogP contribution is -2.25. The van der Waals surface area contributed by atoms with Crippen molar-refractivity contribution >= 4 is 5.91 Å². The van der Waals surface area contributed by atoms with Crippen LogP contribution in [-0.4, -0.2) is 38.2 Å². The van der Waals surface area contributed by atoms with E-state index in [1.54, 1.807) is 0 Å². The smallest absolute Gasteiger partial charge is 0.220 e. The fourth-order valence-corrected chi connectivity index (χ4v) is 3.53. The number of fused-ring (bicyclic) bond motifs is 1. The van der Waals surface area contributed by atoms with E-state index >= 15 is 0 Å². The molecule has 2 aromatic heterocycles. The molecule has 1 fully saturated rings. The summed E-state index contributed by atoms with van der Waals surface area (Å²) in [4.78, 5) is 19.0. The van der Waals surface area contributed by atoms with Crippen molar-refractivity contribution in [1.29, 1.82) is 0 Å². The van der Waals surface area contributed by atoms with Gasteiger partial charge in [-0.3, -0.25) is 19.4 Å². The summed E-state index contributed by atoms with van der Waals surface area (Å²) in [6, 6.07) is 8.81. The zero-order valence-corrected chi connectivity index (χ0v) is 15.4. The van der Waals surface area contributed by atoms with Crippen LogP contribution in [0.5, 0.6) is 0 Å². The minimum atomic E-state index is 0.155. The Morgan fingerprint density at radius 2 is 2.15 bits per heavy atom. The van der Waals surface area contributed by atoms with Crippen LogP contribution in [0, 0.1) is 6.92 Å². The lowest BCUT2D eigenvalue weighted by atomic mass is 10.2. The average molecular weight is 353 g/mol. The Hall–Kier alpha value is -2.21. The van der Waals surface area contributed by atoms with E-state index in [0.717, 1.165) is 68.9 Å². The Balaban J connectivity index is 1.36. The first-order valence-corrected chi connectivity index (χ1v) is 9.65. The minimum absolute atomic E-state index is 0.155. The normalized spacial score (nSPS) is 17.6. The van der Waals surface area contributed by atoms with Gasteiger partial charge in [-0.1, -0.05) is 6.07 Å². The van der Waals surface area contributed by atoms with Crippen molar-refractivity contribution in [3.05, 3.63) is 47.0 Å². The second-order valence-electron chi connectivity index (χ2n) is 7.53. The Morgan fingerprint density at radius 3 is 2.96 bits per heavy atom. The highest BCUT2D eigenvalue weighted by molar-refractivity contribution is 5.76. The average Bonchev–Trinajstić information content (AvgIpc) is 3.36. The first-order chi connectivity index (χ1) is 12.7. The maximum Gasteiger partial charge on any atom is 0.220 e. The number of carbonyl (C=O) groups is 1. The Morgan fingerprint density at radius 1 is 1.27 bits per heavy atom. The number of nitrogens with zero attached hydrogens (tertiary/aromatic N) is 4. The SMILES string of the molecule is Cc1cccc(CN2CCCn3nc(CCC(=O)NC4CC4)cc3C2)n1. The first kappa shape index (κ1) is 17.2. The molecule has 0 atom stereocenters. The number of aromatic nitrogens is 3. The lowest BCUT2D eigenvalue weighted by molar-refractivity contribution is -0.121. The van der Waals surface area contributed by atoms with E-state index in [2.05, 4.69) is 38.1 Å². The van der Waals surface area contributed by atoms with Gasteiger partial charge in [0.25, 0.3) is 0 Å². The maximum atomic E-state index is 11.9. The van der Waals surface area contributed by atoms with Crippen LogP contribution in [0.2, 0.25) is 0 Å². The van der Waals surface area contributed by atoms with Crippen molar-refractivity contribution in [2.75, 3.05) is 6.54 Å². The van der Waals surface area contributed by atoms with E-state index in [0.29, 0.717) is 12.5 Å². The van der Waals surface area contributed by atoms with E-state index in [1.807, 2.05) is 13.0 Å². The maximum absolute atomic E-state index is 11.9. The number of hydrogen-bond donors (Lipinski definition) is 1. The molecule has 0 bridgehead atoms. The van der Waals surface area contributed by atoms with E-state index < -0.39 is 0 Å². The highest BCUT2D eigenvalue weighted by Crippen LogP contribution is 2.19. The molecule has 138 valence electrons. The molecule has 2 aromatic rings. The molecule has 6 heteroatoms. The number of hydrogen-bond acceptors (Lipinski definition) is 4. The monoisotopic (exact) mass is 353 g/mol. The summed E-state index contributed by atoms with van der Waals surface area (Å²) in [6.45, 7) is 5.79. The molecule has 26 heavy (non-hydrogen) atoms. The summed E-state index contributed by atoms with van der Waals surface area (Å²) in [5, 5.41) is 7.77. The molecule has 0 unspecified atom stereocenters. The van der Waals surface area contributed by atoms with Crippen LogP contribution in [-0.2, 0) is 30.8 Å². The van der Waals surface area contributed by atoms with E-state index in [-0.39, 0.29) is 5.91 Å². The zero-order chi connectivity index (χ0) is 17.9. The van der Waals surface area contributed by atoms with Crippen LogP contribution in [0.1, 0.15) is 48.5 Å². The van der Waals surface area contributed by atoms with Crippen molar-refractivity contribution in [1.82, 2.24) is 25.0 Å². The first-order valence-electron chi connectivity index (χ1n) is 9.65. The molecule has 0 aromatic carbocycles. The minimum Gasteiger partial charge on any atom is -0.353 e. The molecule has 1 N–H and O–H groups in total. The highest BCUT2D eigenvalue weighted by Gasteiger charge is 2.23. The van der Waals surface area contributed by atoms with Gasteiger partial charge in [0.15, 0.2) is 0 Å². The molecule has 1 saturated carbocycles. The van der Waals surface area contributed by atoms with Crippen LogP contribution >= 0.6 is 0 Å². The van der Waals surface area contributed by atoms with Crippen LogP contribution < -0.4 is 5.32 Å². The van der Waals surface area contributed by atoms with E-state index in [1.165, 1.54) is 5.69 Å². The third-order valence-electron chi connectivity index (χ3n) is 5.03. The Labute approximate surface area is 154 Å². The van der Waals surface area contributed by atoms with Gasteiger partial charge in [-0.2, -0.15) is 5.10 Å². The highest BCUT2D eigenvalue weighted by atomic mass is 16.1. The lowest BCUT2D eigenvalue weighted by Gasteiger charge is -2.19. The third kappa shape index (κ3) is 4.49. The fourth-order valence-electron chi connectivity index (χ4n) is 3.53. The van der Waals surface area contributed by atoms with E-state index in [9.17, 15) is 4.79 Å². The zero-order valence-electron chi connectivity index (χ0n) is 15.4.